The number of hydrogen-bond donors (Lipinski definition) is 0. The molecular formula is C59H57GeIrN3S-2. The monoisotopic (exact) mass is 1110 g/mol. The zero-order chi connectivity index (χ0) is 44.7. The van der Waals surface area contributed by atoms with Gasteiger partial charge in [0.05, 0.1) is 16.9 Å². The molecule has 0 aliphatic rings. The molecule has 3 heterocycles. The molecular weight excluding hydrogens is 1050 g/mol. The Bertz CT molecular complexity index is 3240. The molecule has 10 aromatic rings. The molecule has 6 heteroatoms. The molecule has 0 unspecified atom stereocenters. The second-order valence-electron chi connectivity index (χ2n) is 19.1. The Balaban J connectivity index is 0.000000232. The molecule has 0 amide bonds. The van der Waals surface area contributed by atoms with Crippen molar-refractivity contribution in [2.24, 2.45) is 5.92 Å². The van der Waals surface area contributed by atoms with Gasteiger partial charge in [-0.1, -0.05) is 118 Å². The number of pyridine rings is 1. The fourth-order valence-electron chi connectivity index (χ4n) is 9.18. The molecule has 3 aromatic heterocycles. The number of benzene rings is 7. The second kappa shape index (κ2) is 19.4. The number of imidazole rings is 1. The topological polar surface area (TPSA) is 30.7 Å². The van der Waals surface area contributed by atoms with Crippen molar-refractivity contribution >= 4 is 71.0 Å². The SMILES string of the molecule is CC(C)Cc1cc(-c2[c-]cccc2)nc[c]1[Ge]([CH3])([CH3])[CH3].CC(C)c1cc(-c2ccccc2)cc(C(C)C)c1-n1c(-c2[c-]ccc3c2sc2ccccc23)nc2ccc3ccccc3c21.[Ir]. The van der Waals surface area contributed by atoms with Gasteiger partial charge in [0.2, 0.25) is 0 Å². The maximum atomic E-state index is 5.45. The third-order valence-electron chi connectivity index (χ3n) is 12.3. The first-order valence-corrected chi connectivity index (χ1v) is 31.0. The van der Waals surface area contributed by atoms with Crippen LogP contribution in [0.15, 0.2) is 152 Å². The molecule has 329 valence electrons. The smallest absolute Gasteiger partial charge is 0.0781 e. The average molecular weight is 1110 g/mol. The van der Waals surface area contributed by atoms with E-state index < -0.39 is 13.3 Å². The summed E-state index contributed by atoms with van der Waals surface area (Å²) < 4.78 is 6.53. The van der Waals surface area contributed by atoms with Crippen molar-refractivity contribution in [3.8, 4) is 39.5 Å². The van der Waals surface area contributed by atoms with E-state index in [2.05, 4.69) is 209 Å². The molecule has 0 fully saturated rings. The van der Waals surface area contributed by atoms with E-state index in [0.717, 1.165) is 40.1 Å². The second-order valence-corrected chi connectivity index (χ2v) is 30.8. The van der Waals surface area contributed by atoms with E-state index in [1.165, 1.54) is 64.4 Å². The van der Waals surface area contributed by atoms with E-state index in [4.69, 9.17) is 9.97 Å². The zero-order valence-electron chi connectivity index (χ0n) is 39.0. The van der Waals surface area contributed by atoms with E-state index in [0.29, 0.717) is 17.8 Å². The standard InChI is InChI=1S/C41H33N2S.C18H24GeN.Ir/c1-25(2)34-23-29(27-13-6-5-7-14-27)24-35(26(3)4)38(34)43-39-30-16-9-8-15-28(30)21-22-36(39)42-41(43)33-19-12-18-32-31-17-10-11-20-37(31)44-40(32)33;1-14(2)11-16-12-18(15-9-7-6-8-10-15)20-13-17(16)19(3,4)5;/h5-18,20-26H,1-4H3;6-9,12-14H,11H2,1-5H3;/q2*-1;. The van der Waals surface area contributed by atoms with Gasteiger partial charge in [-0.2, -0.15) is 11.3 Å². The minimum atomic E-state index is -1.86. The van der Waals surface area contributed by atoms with Gasteiger partial charge in [0.1, 0.15) is 0 Å². The van der Waals surface area contributed by atoms with Crippen LogP contribution in [0.2, 0.25) is 17.3 Å². The molecule has 0 aliphatic carbocycles. The van der Waals surface area contributed by atoms with Crippen molar-refractivity contribution in [2.75, 3.05) is 0 Å². The van der Waals surface area contributed by atoms with Crippen LogP contribution in [0, 0.1) is 18.1 Å². The van der Waals surface area contributed by atoms with Crippen LogP contribution in [0.3, 0.4) is 0 Å². The Morgan fingerprint density at radius 3 is 2.00 bits per heavy atom. The number of aromatic nitrogens is 3. The van der Waals surface area contributed by atoms with Crippen molar-refractivity contribution in [1.82, 2.24) is 14.5 Å². The van der Waals surface area contributed by atoms with Crippen molar-refractivity contribution in [1.29, 1.82) is 0 Å². The summed E-state index contributed by atoms with van der Waals surface area (Å²) in [6.07, 6.45) is 3.27. The Hall–Kier alpha value is -5.17. The summed E-state index contributed by atoms with van der Waals surface area (Å²) in [6, 6.07) is 59.0. The summed E-state index contributed by atoms with van der Waals surface area (Å²) in [5.74, 6) is 9.55. The van der Waals surface area contributed by atoms with Gasteiger partial charge >= 0.3 is 126 Å². The quantitative estimate of drug-likeness (QED) is 0.107. The molecule has 0 saturated carbocycles. The molecule has 0 bridgehead atoms. The van der Waals surface area contributed by atoms with E-state index in [-0.39, 0.29) is 20.1 Å². The number of hydrogen-bond acceptors (Lipinski definition) is 3. The van der Waals surface area contributed by atoms with Crippen LogP contribution in [-0.2, 0) is 26.5 Å². The summed E-state index contributed by atoms with van der Waals surface area (Å²) in [7, 11) is 0. The summed E-state index contributed by atoms with van der Waals surface area (Å²) in [5.41, 5.74) is 13.2. The maximum Gasteiger partial charge on any atom is 0.0781 e. The van der Waals surface area contributed by atoms with Crippen LogP contribution in [-0.4, -0.2) is 27.8 Å². The van der Waals surface area contributed by atoms with Crippen LogP contribution in [0.25, 0.3) is 81.4 Å². The van der Waals surface area contributed by atoms with Gasteiger partial charge in [-0.3, -0.25) is 4.98 Å². The molecule has 0 atom stereocenters. The third-order valence-corrected chi connectivity index (χ3v) is 17.8. The molecule has 0 N–H and O–H groups in total. The van der Waals surface area contributed by atoms with Gasteiger partial charge in [0, 0.05) is 35.9 Å². The van der Waals surface area contributed by atoms with Gasteiger partial charge in [-0.15, -0.1) is 18.2 Å². The first-order valence-electron chi connectivity index (χ1n) is 22.8. The molecule has 0 saturated heterocycles. The van der Waals surface area contributed by atoms with Crippen LogP contribution in [0.5, 0.6) is 0 Å². The van der Waals surface area contributed by atoms with Gasteiger partial charge in [-0.25, -0.2) is 0 Å². The van der Waals surface area contributed by atoms with Crippen molar-refractivity contribution in [2.45, 2.75) is 77.1 Å². The van der Waals surface area contributed by atoms with E-state index >= 15 is 0 Å². The zero-order valence-corrected chi connectivity index (χ0v) is 44.3. The van der Waals surface area contributed by atoms with Crippen LogP contribution >= 0.6 is 11.3 Å². The molecule has 1 radical (unpaired) electrons. The minimum Gasteiger partial charge on any atom is -0.332 e. The maximum absolute atomic E-state index is 5.45. The fraction of sp³-hybridized carbons (Fsp3) is 0.220. The van der Waals surface area contributed by atoms with Gasteiger partial charge in [-0.05, 0) is 73.8 Å². The normalized spacial score (nSPS) is 11.8. The predicted octanol–water partition coefficient (Wildman–Crippen LogP) is 16.2. The van der Waals surface area contributed by atoms with Gasteiger partial charge in [0.15, 0.2) is 0 Å². The summed E-state index contributed by atoms with van der Waals surface area (Å²) in [4.78, 5) is 10.1. The van der Waals surface area contributed by atoms with Gasteiger partial charge < -0.3 is 4.57 Å². The predicted molar refractivity (Wildman–Crippen MR) is 279 cm³/mol. The van der Waals surface area contributed by atoms with Crippen molar-refractivity contribution < 1.29 is 20.1 Å². The number of nitrogens with zero attached hydrogens (tertiary/aromatic N) is 3. The Morgan fingerprint density at radius 2 is 1.32 bits per heavy atom. The summed E-state index contributed by atoms with van der Waals surface area (Å²) >= 11 is -0.0213. The molecule has 3 nitrogen and oxygen atoms in total. The first kappa shape index (κ1) is 46.4. The van der Waals surface area contributed by atoms with Crippen LogP contribution < -0.4 is 4.40 Å². The van der Waals surface area contributed by atoms with Gasteiger partial charge in [0.25, 0.3) is 0 Å². The average Bonchev–Trinajstić information content (AvgIpc) is 3.88. The summed E-state index contributed by atoms with van der Waals surface area (Å²) in [5, 5.41) is 4.97. The Kier molecular flexibility index (Phi) is 13.8. The molecule has 0 aliphatic heterocycles. The molecule has 7 aromatic carbocycles. The molecule has 65 heavy (non-hydrogen) atoms. The summed E-state index contributed by atoms with van der Waals surface area (Å²) in [6.45, 7) is 13.8. The molecule has 0 spiro atoms. The Morgan fingerprint density at radius 1 is 0.646 bits per heavy atom. The van der Waals surface area contributed by atoms with E-state index in [1.54, 1.807) is 4.40 Å². The van der Waals surface area contributed by atoms with E-state index in [1.807, 2.05) is 29.5 Å². The largest absolute Gasteiger partial charge is 0.332 e. The third kappa shape index (κ3) is 9.31. The molecule has 10 rings (SSSR count). The van der Waals surface area contributed by atoms with Crippen LogP contribution in [0.1, 0.15) is 70.1 Å². The van der Waals surface area contributed by atoms with E-state index in [9.17, 15) is 0 Å². The number of rotatable bonds is 9. The van der Waals surface area contributed by atoms with Crippen LogP contribution in [0.4, 0.5) is 0 Å². The number of thiophene rings is 1. The van der Waals surface area contributed by atoms with Crippen molar-refractivity contribution in [3.05, 3.63) is 181 Å². The van der Waals surface area contributed by atoms with Crippen molar-refractivity contribution in [3.63, 3.8) is 0 Å². The number of fused-ring (bicyclic) bond motifs is 6. The minimum absolute atomic E-state index is 0. The first-order chi connectivity index (χ1) is 30.9. The fourth-order valence-corrected chi connectivity index (χ4v) is 13.7. The Labute approximate surface area is 405 Å².